The van der Waals surface area contributed by atoms with Crippen LogP contribution >= 0.6 is 11.3 Å². The molecule has 0 atom stereocenters. The highest BCUT2D eigenvalue weighted by Crippen LogP contribution is 2.32. The maximum Gasteiger partial charge on any atom is 0.185 e. The Bertz CT molecular complexity index is 554. The van der Waals surface area contributed by atoms with Crippen LogP contribution in [0.1, 0.15) is 18.7 Å². The number of likely N-dealkylation sites (N-methyl/N-ethyl adjacent to an activating group) is 1. The number of hydrogen-bond donors (Lipinski definition) is 1. The second kappa shape index (κ2) is 7.54. The molecule has 0 aliphatic carbocycles. The van der Waals surface area contributed by atoms with Crippen molar-refractivity contribution in [1.29, 1.82) is 0 Å². The molecule has 0 saturated heterocycles. The van der Waals surface area contributed by atoms with Gasteiger partial charge in [-0.2, -0.15) is 0 Å². The average Bonchev–Trinajstić information content (AvgIpc) is 2.92. The van der Waals surface area contributed by atoms with Crippen molar-refractivity contribution >= 4 is 16.5 Å². The zero-order chi connectivity index (χ0) is 15.2. The number of nitrogens with two attached hydrogens (primary N) is 1. The van der Waals surface area contributed by atoms with Gasteiger partial charge in [0.15, 0.2) is 5.13 Å². The molecule has 0 spiro atoms. The van der Waals surface area contributed by atoms with Gasteiger partial charge in [0.05, 0.1) is 18.4 Å². The molecule has 0 aliphatic rings. The van der Waals surface area contributed by atoms with Crippen molar-refractivity contribution in [2.24, 2.45) is 5.73 Å². The van der Waals surface area contributed by atoms with Crippen LogP contribution in [0, 0.1) is 0 Å². The average molecular weight is 305 g/mol. The van der Waals surface area contributed by atoms with Crippen molar-refractivity contribution in [3.05, 3.63) is 35.2 Å². The highest BCUT2D eigenvalue weighted by Gasteiger charge is 2.14. The van der Waals surface area contributed by atoms with Crippen molar-refractivity contribution in [2.75, 3.05) is 25.1 Å². The minimum Gasteiger partial charge on any atom is -0.377 e. The van der Waals surface area contributed by atoms with Gasteiger partial charge in [-0.05, 0) is 13.8 Å². The first kappa shape index (κ1) is 15.9. The van der Waals surface area contributed by atoms with E-state index in [1.807, 2.05) is 39.1 Å². The minimum absolute atomic E-state index is 0.258. The van der Waals surface area contributed by atoms with Crippen molar-refractivity contribution in [3.8, 4) is 11.3 Å². The van der Waals surface area contributed by atoms with Crippen LogP contribution in [0.4, 0.5) is 5.13 Å². The van der Waals surface area contributed by atoms with Crippen molar-refractivity contribution in [3.63, 3.8) is 0 Å². The molecule has 0 bridgehead atoms. The Morgan fingerprint density at radius 1 is 1.29 bits per heavy atom. The monoisotopic (exact) mass is 305 g/mol. The second-order valence-corrected chi connectivity index (χ2v) is 6.24. The van der Waals surface area contributed by atoms with Crippen molar-refractivity contribution in [1.82, 2.24) is 4.98 Å². The molecular formula is C16H23N3OS. The molecule has 0 radical (unpaired) electrons. The molecule has 1 aromatic heterocycles. The fraction of sp³-hybridized carbons (Fsp3) is 0.438. The molecule has 4 nitrogen and oxygen atoms in total. The number of thiazole rings is 1. The normalized spacial score (nSPS) is 11.1. The van der Waals surface area contributed by atoms with Crippen LogP contribution in [0.3, 0.4) is 0 Å². The Morgan fingerprint density at radius 3 is 2.62 bits per heavy atom. The molecule has 21 heavy (non-hydrogen) atoms. The summed E-state index contributed by atoms with van der Waals surface area (Å²) in [4.78, 5) is 8.00. The van der Waals surface area contributed by atoms with E-state index in [1.165, 1.54) is 0 Å². The van der Waals surface area contributed by atoms with E-state index in [0.29, 0.717) is 13.2 Å². The Balaban J connectivity index is 2.13. The molecule has 0 saturated carbocycles. The van der Waals surface area contributed by atoms with Crippen LogP contribution in [0.5, 0.6) is 0 Å². The van der Waals surface area contributed by atoms with E-state index in [0.717, 1.165) is 27.8 Å². The van der Waals surface area contributed by atoms with Gasteiger partial charge in [0.25, 0.3) is 0 Å². The smallest absolute Gasteiger partial charge is 0.185 e. The zero-order valence-electron chi connectivity index (χ0n) is 12.9. The van der Waals surface area contributed by atoms with Crippen LogP contribution in [-0.2, 0) is 11.3 Å². The van der Waals surface area contributed by atoms with Crippen molar-refractivity contribution < 1.29 is 4.74 Å². The predicted molar refractivity (Wildman–Crippen MR) is 89.8 cm³/mol. The third-order valence-corrected chi connectivity index (χ3v) is 4.32. The molecule has 5 heteroatoms. The van der Waals surface area contributed by atoms with Gasteiger partial charge in [-0.1, -0.05) is 41.7 Å². The summed E-state index contributed by atoms with van der Waals surface area (Å²) in [6.07, 6.45) is 0.258. The highest BCUT2D eigenvalue weighted by molar-refractivity contribution is 7.16. The minimum atomic E-state index is 0.258. The second-order valence-electron chi connectivity index (χ2n) is 5.18. The molecule has 0 amide bonds. The molecule has 2 aromatic rings. The van der Waals surface area contributed by atoms with Gasteiger partial charge in [-0.25, -0.2) is 4.98 Å². The summed E-state index contributed by atoms with van der Waals surface area (Å²) in [5.41, 5.74) is 7.98. The molecule has 1 heterocycles. The van der Waals surface area contributed by atoms with Crippen LogP contribution < -0.4 is 10.6 Å². The summed E-state index contributed by atoms with van der Waals surface area (Å²) in [6, 6.07) is 10.2. The largest absolute Gasteiger partial charge is 0.377 e. The van der Waals surface area contributed by atoms with Crippen LogP contribution in [0.2, 0.25) is 0 Å². The fourth-order valence-corrected chi connectivity index (χ4v) is 2.93. The summed E-state index contributed by atoms with van der Waals surface area (Å²) < 4.78 is 5.59. The number of rotatable bonds is 7. The highest BCUT2D eigenvalue weighted by atomic mass is 32.1. The van der Waals surface area contributed by atoms with Gasteiger partial charge < -0.3 is 15.4 Å². The summed E-state index contributed by atoms with van der Waals surface area (Å²) >= 11 is 1.66. The van der Waals surface area contributed by atoms with Gasteiger partial charge in [0, 0.05) is 30.6 Å². The standard InChI is InChI=1S/C16H23N3OS/c1-12(2)20-10-9-19(3)16-18-15(14(11-17)21-16)13-7-5-4-6-8-13/h4-8,12H,9-11,17H2,1-3H3. The van der Waals surface area contributed by atoms with E-state index < -0.39 is 0 Å². The predicted octanol–water partition coefficient (Wildman–Crippen LogP) is 3.13. The summed E-state index contributed by atoms with van der Waals surface area (Å²) in [5.74, 6) is 0. The molecule has 2 N–H and O–H groups in total. The van der Waals surface area contributed by atoms with E-state index >= 15 is 0 Å². The Kier molecular flexibility index (Phi) is 5.73. The summed E-state index contributed by atoms with van der Waals surface area (Å²) in [7, 11) is 2.04. The summed E-state index contributed by atoms with van der Waals surface area (Å²) in [5, 5.41) is 0.988. The number of ether oxygens (including phenoxy) is 1. The number of benzene rings is 1. The number of nitrogens with zero attached hydrogens (tertiary/aromatic N) is 2. The lowest BCUT2D eigenvalue weighted by atomic mass is 10.1. The fourth-order valence-electron chi connectivity index (χ4n) is 1.98. The van der Waals surface area contributed by atoms with E-state index in [1.54, 1.807) is 11.3 Å². The first-order valence-electron chi connectivity index (χ1n) is 7.19. The molecule has 0 fully saturated rings. The van der Waals surface area contributed by atoms with Gasteiger partial charge in [0.1, 0.15) is 0 Å². The number of aromatic nitrogens is 1. The first-order chi connectivity index (χ1) is 10.1. The van der Waals surface area contributed by atoms with E-state index in [2.05, 4.69) is 17.0 Å². The van der Waals surface area contributed by atoms with Crippen LogP contribution in [-0.4, -0.2) is 31.3 Å². The zero-order valence-corrected chi connectivity index (χ0v) is 13.7. The molecule has 0 aliphatic heterocycles. The Morgan fingerprint density at radius 2 is 2.00 bits per heavy atom. The number of hydrogen-bond acceptors (Lipinski definition) is 5. The number of anilines is 1. The van der Waals surface area contributed by atoms with Gasteiger partial charge in [-0.15, -0.1) is 0 Å². The third-order valence-electron chi connectivity index (χ3n) is 3.12. The maximum absolute atomic E-state index is 5.87. The SMILES string of the molecule is CC(C)OCCN(C)c1nc(-c2ccccc2)c(CN)s1. The van der Waals surface area contributed by atoms with Gasteiger partial charge >= 0.3 is 0 Å². The van der Waals surface area contributed by atoms with Crippen molar-refractivity contribution in [2.45, 2.75) is 26.5 Å². The van der Waals surface area contributed by atoms with Gasteiger partial charge in [-0.3, -0.25) is 0 Å². The Labute approximate surface area is 130 Å². The topological polar surface area (TPSA) is 51.4 Å². The van der Waals surface area contributed by atoms with Crippen LogP contribution in [0.25, 0.3) is 11.3 Å². The van der Waals surface area contributed by atoms with Gasteiger partial charge in [0.2, 0.25) is 0 Å². The quantitative estimate of drug-likeness (QED) is 0.854. The third kappa shape index (κ3) is 4.27. The van der Waals surface area contributed by atoms with E-state index in [9.17, 15) is 0 Å². The molecule has 114 valence electrons. The lowest BCUT2D eigenvalue weighted by Gasteiger charge is -2.16. The van der Waals surface area contributed by atoms with Crippen LogP contribution in [0.15, 0.2) is 30.3 Å². The molecule has 0 unspecified atom stereocenters. The maximum atomic E-state index is 5.87. The summed E-state index contributed by atoms with van der Waals surface area (Å²) in [6.45, 7) is 6.13. The lowest BCUT2D eigenvalue weighted by Crippen LogP contribution is -2.23. The lowest BCUT2D eigenvalue weighted by molar-refractivity contribution is 0.0846. The molecular weight excluding hydrogens is 282 g/mol. The van der Waals surface area contributed by atoms with E-state index in [-0.39, 0.29) is 6.10 Å². The first-order valence-corrected chi connectivity index (χ1v) is 8.01. The molecule has 2 rings (SSSR count). The Hall–Kier alpha value is -1.43. The van der Waals surface area contributed by atoms with E-state index in [4.69, 9.17) is 15.5 Å². The molecule has 1 aromatic carbocycles.